The van der Waals surface area contributed by atoms with Gasteiger partial charge in [-0.15, -0.1) is 0 Å². The number of para-hydroxylation sites is 1. The van der Waals surface area contributed by atoms with E-state index in [1.807, 2.05) is 60.7 Å². The van der Waals surface area contributed by atoms with Gasteiger partial charge in [0, 0.05) is 50.0 Å². The van der Waals surface area contributed by atoms with Gasteiger partial charge in [0.05, 0.1) is 11.0 Å². The number of benzene rings is 7. The maximum atomic E-state index is 6.49. The zero-order chi connectivity index (χ0) is 36.2. The lowest BCUT2D eigenvalue weighted by Crippen LogP contribution is -2.00. The van der Waals surface area contributed by atoms with E-state index in [1.54, 1.807) is 6.08 Å². The third-order valence-electron chi connectivity index (χ3n) is 10.2. The van der Waals surface area contributed by atoms with Crippen LogP contribution in [0.5, 0.6) is 0 Å². The summed E-state index contributed by atoms with van der Waals surface area (Å²) in [7, 11) is 0. The first kappa shape index (κ1) is 31.4. The molecule has 0 aliphatic heterocycles. The normalized spacial score (nSPS) is 11.5. The van der Waals surface area contributed by atoms with E-state index in [-0.39, 0.29) is 0 Å². The molecule has 10 aromatic rings. The van der Waals surface area contributed by atoms with Gasteiger partial charge in [-0.1, -0.05) is 122 Å². The third kappa shape index (κ3) is 5.30. The van der Waals surface area contributed by atoms with Gasteiger partial charge in [0.15, 0.2) is 17.5 Å². The van der Waals surface area contributed by atoms with Gasteiger partial charge in [-0.3, -0.25) is 0 Å². The van der Waals surface area contributed by atoms with Crippen LogP contribution in [0.15, 0.2) is 187 Å². The highest BCUT2D eigenvalue weighted by molar-refractivity contribution is 6.11. The molecule has 0 N–H and O–H groups in total. The third-order valence-corrected chi connectivity index (χ3v) is 10.2. The molecule has 3 heterocycles. The van der Waals surface area contributed by atoms with Crippen LogP contribution in [0.1, 0.15) is 5.56 Å². The zero-order valence-electron chi connectivity index (χ0n) is 29.3. The van der Waals surface area contributed by atoms with E-state index >= 15 is 0 Å². The molecule has 0 radical (unpaired) electrons. The Morgan fingerprint density at radius 3 is 1.81 bits per heavy atom. The molecule has 7 aromatic carbocycles. The number of rotatable bonds is 7. The summed E-state index contributed by atoms with van der Waals surface area (Å²) in [4.78, 5) is 14.9. The van der Waals surface area contributed by atoms with Gasteiger partial charge in [0.1, 0.15) is 11.2 Å². The number of furan rings is 1. The average molecular weight is 693 g/mol. The van der Waals surface area contributed by atoms with Crippen molar-refractivity contribution in [2.45, 2.75) is 0 Å². The van der Waals surface area contributed by atoms with E-state index in [0.29, 0.717) is 17.5 Å². The average Bonchev–Trinajstić information content (AvgIpc) is 3.78. The van der Waals surface area contributed by atoms with Crippen LogP contribution >= 0.6 is 0 Å². The van der Waals surface area contributed by atoms with Crippen molar-refractivity contribution in [3.63, 3.8) is 0 Å². The van der Waals surface area contributed by atoms with Crippen LogP contribution in [0.25, 0.3) is 100 Å². The van der Waals surface area contributed by atoms with Crippen molar-refractivity contribution in [3.8, 4) is 51.0 Å². The molecular formula is C49H32N4O. The maximum Gasteiger partial charge on any atom is 0.164 e. The molecule has 0 saturated heterocycles. The van der Waals surface area contributed by atoms with Crippen molar-refractivity contribution < 1.29 is 4.42 Å². The fourth-order valence-electron chi connectivity index (χ4n) is 7.43. The van der Waals surface area contributed by atoms with Gasteiger partial charge in [-0.25, -0.2) is 15.0 Å². The molecule has 0 spiro atoms. The molecule has 5 heteroatoms. The summed E-state index contributed by atoms with van der Waals surface area (Å²) in [6.45, 7) is 8.02. The molecule has 0 aliphatic carbocycles. The van der Waals surface area contributed by atoms with Crippen LogP contribution in [-0.4, -0.2) is 19.5 Å². The van der Waals surface area contributed by atoms with Crippen LogP contribution in [-0.2, 0) is 0 Å². The highest BCUT2D eigenvalue weighted by Crippen LogP contribution is 2.38. The van der Waals surface area contributed by atoms with Crippen molar-refractivity contribution in [1.29, 1.82) is 0 Å². The van der Waals surface area contributed by atoms with Crippen LogP contribution < -0.4 is 0 Å². The smallest absolute Gasteiger partial charge is 0.164 e. The second-order valence-corrected chi connectivity index (χ2v) is 13.4. The van der Waals surface area contributed by atoms with Gasteiger partial charge in [-0.2, -0.15) is 0 Å². The second-order valence-electron chi connectivity index (χ2n) is 13.4. The van der Waals surface area contributed by atoms with E-state index in [9.17, 15) is 0 Å². The molecule has 5 nitrogen and oxygen atoms in total. The van der Waals surface area contributed by atoms with Gasteiger partial charge in [-0.05, 0) is 76.9 Å². The molecule has 0 amide bonds. The standard InChI is InChI=1S/C49H32N4O/c1-3-31(2)34-17-12-18-35(27-34)36-22-26-45-42(28-36)40-24-23-38(30-46(40)54-45)53-43-20-11-10-19-39(43)41-29-37(21-25-44(41)53)49-51-47(32-13-6-4-7-14-32)50-48(52-49)33-15-8-5-9-16-33/h3-30H,1-2H2. The molecule has 0 unspecified atom stereocenters. The SMILES string of the molecule is C=CC(=C)c1cccc(-c2ccc3oc4cc(-n5c6ccccc6c6cc(-c7nc(-c8ccccc8)nc(-c8ccccc8)n7)ccc65)ccc4c3c2)c1. The Kier molecular flexibility index (Phi) is 7.37. The minimum absolute atomic E-state index is 0.627. The van der Waals surface area contributed by atoms with Crippen molar-refractivity contribution >= 4 is 49.3 Å². The first-order valence-corrected chi connectivity index (χ1v) is 17.9. The number of nitrogens with zero attached hydrogens (tertiary/aromatic N) is 4. The van der Waals surface area contributed by atoms with E-state index in [2.05, 4.69) is 121 Å². The number of hydrogen-bond acceptors (Lipinski definition) is 4. The Bertz CT molecular complexity index is 3020. The molecule has 0 bridgehead atoms. The van der Waals surface area contributed by atoms with Crippen molar-refractivity contribution in [3.05, 3.63) is 189 Å². The van der Waals surface area contributed by atoms with Crippen LogP contribution in [0.2, 0.25) is 0 Å². The predicted octanol–water partition coefficient (Wildman–Crippen LogP) is 12.7. The van der Waals surface area contributed by atoms with Gasteiger partial charge >= 0.3 is 0 Å². The molecule has 10 rings (SSSR count). The molecule has 0 aliphatic rings. The highest BCUT2D eigenvalue weighted by atomic mass is 16.3. The quantitative estimate of drug-likeness (QED) is 0.156. The molecule has 254 valence electrons. The molecule has 0 atom stereocenters. The molecule has 54 heavy (non-hydrogen) atoms. The van der Waals surface area contributed by atoms with Crippen LogP contribution in [0.4, 0.5) is 0 Å². The van der Waals surface area contributed by atoms with Crippen molar-refractivity contribution in [2.75, 3.05) is 0 Å². The topological polar surface area (TPSA) is 56.7 Å². The zero-order valence-corrected chi connectivity index (χ0v) is 29.3. The lowest BCUT2D eigenvalue weighted by Gasteiger charge is -2.10. The van der Waals surface area contributed by atoms with E-state index < -0.39 is 0 Å². The van der Waals surface area contributed by atoms with Gasteiger partial charge < -0.3 is 8.98 Å². The summed E-state index contributed by atoms with van der Waals surface area (Å²) < 4.78 is 8.80. The van der Waals surface area contributed by atoms with E-state index in [0.717, 1.165) is 88.4 Å². The Morgan fingerprint density at radius 1 is 0.463 bits per heavy atom. The first-order valence-electron chi connectivity index (χ1n) is 17.9. The summed E-state index contributed by atoms with van der Waals surface area (Å²) >= 11 is 0. The maximum absolute atomic E-state index is 6.49. The monoisotopic (exact) mass is 692 g/mol. The number of allylic oxidation sites excluding steroid dienone is 2. The fourth-order valence-corrected chi connectivity index (χ4v) is 7.43. The minimum atomic E-state index is 0.627. The molecular weight excluding hydrogens is 661 g/mol. The molecule has 3 aromatic heterocycles. The lowest BCUT2D eigenvalue weighted by atomic mass is 9.98. The largest absolute Gasteiger partial charge is 0.456 e. The highest BCUT2D eigenvalue weighted by Gasteiger charge is 2.18. The van der Waals surface area contributed by atoms with Crippen molar-refractivity contribution in [1.82, 2.24) is 19.5 Å². The fraction of sp³-hybridized carbons (Fsp3) is 0. The summed E-state index contributed by atoms with van der Waals surface area (Å²) in [5, 5.41) is 4.41. The summed E-state index contributed by atoms with van der Waals surface area (Å²) in [6, 6.07) is 56.4. The Hall–Kier alpha value is -7.37. The summed E-state index contributed by atoms with van der Waals surface area (Å²) in [5.41, 5.74) is 11.9. The number of aromatic nitrogens is 4. The van der Waals surface area contributed by atoms with Crippen molar-refractivity contribution in [2.24, 2.45) is 0 Å². The Morgan fingerprint density at radius 2 is 1.07 bits per heavy atom. The predicted molar refractivity (Wildman–Crippen MR) is 222 cm³/mol. The van der Waals surface area contributed by atoms with Crippen LogP contribution in [0.3, 0.4) is 0 Å². The first-order chi connectivity index (χ1) is 26.6. The van der Waals surface area contributed by atoms with Gasteiger partial charge in [0.25, 0.3) is 0 Å². The molecule has 0 saturated carbocycles. The lowest BCUT2D eigenvalue weighted by molar-refractivity contribution is 0.668. The number of hydrogen-bond donors (Lipinski definition) is 0. The minimum Gasteiger partial charge on any atom is -0.456 e. The van der Waals surface area contributed by atoms with E-state index in [1.165, 1.54) is 0 Å². The Balaban J connectivity index is 1.09. The van der Waals surface area contributed by atoms with E-state index in [4.69, 9.17) is 19.4 Å². The van der Waals surface area contributed by atoms with Gasteiger partial charge in [0.2, 0.25) is 0 Å². The Labute approximate surface area is 311 Å². The summed E-state index contributed by atoms with van der Waals surface area (Å²) in [5.74, 6) is 1.91. The van der Waals surface area contributed by atoms with Crippen LogP contribution in [0, 0.1) is 0 Å². The molecule has 0 fully saturated rings. The second kappa shape index (κ2) is 12.7. The number of fused-ring (bicyclic) bond motifs is 6. The summed E-state index contributed by atoms with van der Waals surface area (Å²) in [6.07, 6.45) is 1.79.